The minimum atomic E-state index is 0.0325. The predicted octanol–water partition coefficient (Wildman–Crippen LogP) is 2.69. The van der Waals surface area contributed by atoms with E-state index in [1.54, 1.807) is 0 Å². The lowest BCUT2D eigenvalue weighted by Gasteiger charge is -2.03. The van der Waals surface area contributed by atoms with E-state index >= 15 is 0 Å². The van der Waals surface area contributed by atoms with Gasteiger partial charge in [-0.3, -0.25) is 0 Å². The number of aliphatic hydroxyl groups is 1. The first kappa shape index (κ1) is 10.2. The molecule has 0 amide bonds. The maximum absolute atomic E-state index is 8.72. The Hall–Kier alpha value is -2.00. The summed E-state index contributed by atoms with van der Waals surface area (Å²) in [5.74, 6) is 0.776. The number of benzene rings is 2. The summed E-state index contributed by atoms with van der Waals surface area (Å²) in [6.45, 7) is 0.358. The second-order valence-electron chi connectivity index (χ2n) is 3.95. The molecule has 0 aliphatic heterocycles. The number of aromatic nitrogens is 1. The Morgan fingerprint density at radius 2 is 1.82 bits per heavy atom. The van der Waals surface area contributed by atoms with Crippen LogP contribution in [-0.2, 0) is 0 Å². The van der Waals surface area contributed by atoms with Crippen molar-refractivity contribution in [2.45, 2.75) is 0 Å². The Bertz CT molecular complexity index is 657. The molecule has 0 saturated heterocycles. The molecule has 3 aromatic rings. The quantitative estimate of drug-likeness (QED) is 0.722. The first-order chi connectivity index (χ1) is 8.38. The topological polar surface area (TPSA) is 45.2 Å². The van der Waals surface area contributed by atoms with E-state index in [2.05, 4.69) is 17.1 Å². The second kappa shape index (κ2) is 4.11. The molecule has 2 aromatic carbocycles. The summed E-state index contributed by atoms with van der Waals surface area (Å²) < 4.78 is 5.39. The summed E-state index contributed by atoms with van der Waals surface area (Å²) in [6.07, 6.45) is 0. The molecule has 0 unspecified atom stereocenters. The van der Waals surface area contributed by atoms with Gasteiger partial charge in [0.1, 0.15) is 12.4 Å². The number of rotatable bonds is 3. The number of hydrogen-bond acceptors (Lipinski definition) is 2. The highest BCUT2D eigenvalue weighted by atomic mass is 16.5. The van der Waals surface area contributed by atoms with E-state index in [9.17, 15) is 0 Å². The predicted molar refractivity (Wildman–Crippen MR) is 68.4 cm³/mol. The standard InChI is InChI=1S/C14H13NO2/c16-7-8-17-10-5-6-12-11-3-1-2-4-13(11)15-14(12)9-10/h1-6,9,15-16H,7-8H2. The van der Waals surface area contributed by atoms with Gasteiger partial charge in [0.2, 0.25) is 0 Å². The monoisotopic (exact) mass is 227 g/mol. The number of fused-ring (bicyclic) bond motifs is 3. The number of hydrogen-bond donors (Lipinski definition) is 2. The number of aliphatic hydroxyl groups excluding tert-OH is 1. The molecule has 0 saturated carbocycles. The Balaban J connectivity index is 2.13. The Morgan fingerprint density at radius 3 is 2.71 bits per heavy atom. The lowest BCUT2D eigenvalue weighted by atomic mass is 10.1. The van der Waals surface area contributed by atoms with Crippen LogP contribution in [-0.4, -0.2) is 23.3 Å². The van der Waals surface area contributed by atoms with Crippen molar-refractivity contribution in [3.8, 4) is 5.75 Å². The van der Waals surface area contributed by atoms with E-state index in [0.29, 0.717) is 6.61 Å². The minimum Gasteiger partial charge on any atom is -0.491 e. The number of aromatic amines is 1. The third-order valence-electron chi connectivity index (χ3n) is 2.84. The molecule has 3 nitrogen and oxygen atoms in total. The summed E-state index contributed by atoms with van der Waals surface area (Å²) >= 11 is 0. The van der Waals surface area contributed by atoms with Crippen LogP contribution in [0.3, 0.4) is 0 Å². The van der Waals surface area contributed by atoms with Gasteiger partial charge < -0.3 is 14.8 Å². The molecule has 3 heteroatoms. The van der Waals surface area contributed by atoms with E-state index in [1.807, 2.05) is 30.3 Å². The van der Waals surface area contributed by atoms with Crippen LogP contribution in [0.2, 0.25) is 0 Å². The van der Waals surface area contributed by atoms with E-state index in [0.717, 1.165) is 16.8 Å². The zero-order valence-corrected chi connectivity index (χ0v) is 9.31. The third-order valence-corrected chi connectivity index (χ3v) is 2.84. The summed E-state index contributed by atoms with van der Waals surface area (Å²) in [5, 5.41) is 11.1. The molecule has 0 fully saturated rings. The SMILES string of the molecule is OCCOc1ccc2c(c1)[nH]c1ccccc12. The average Bonchev–Trinajstić information content (AvgIpc) is 2.74. The molecule has 0 aliphatic rings. The van der Waals surface area contributed by atoms with Crippen LogP contribution in [0.25, 0.3) is 21.8 Å². The first-order valence-electron chi connectivity index (χ1n) is 5.62. The number of para-hydroxylation sites is 1. The van der Waals surface area contributed by atoms with Crippen LogP contribution in [0.1, 0.15) is 0 Å². The van der Waals surface area contributed by atoms with E-state index in [1.165, 1.54) is 10.8 Å². The number of nitrogens with one attached hydrogen (secondary N) is 1. The van der Waals surface area contributed by atoms with E-state index in [-0.39, 0.29) is 6.61 Å². The first-order valence-corrected chi connectivity index (χ1v) is 5.62. The van der Waals surface area contributed by atoms with Crippen molar-refractivity contribution in [2.24, 2.45) is 0 Å². The minimum absolute atomic E-state index is 0.0325. The molecule has 86 valence electrons. The van der Waals surface area contributed by atoms with Crippen LogP contribution in [0, 0.1) is 0 Å². The molecule has 0 aliphatic carbocycles. The largest absolute Gasteiger partial charge is 0.491 e. The smallest absolute Gasteiger partial charge is 0.121 e. The Morgan fingerprint density at radius 1 is 1.00 bits per heavy atom. The van der Waals surface area contributed by atoms with Gasteiger partial charge >= 0.3 is 0 Å². The van der Waals surface area contributed by atoms with E-state index in [4.69, 9.17) is 9.84 Å². The molecule has 0 bridgehead atoms. The number of ether oxygens (including phenoxy) is 1. The molecular formula is C14H13NO2. The zero-order valence-electron chi connectivity index (χ0n) is 9.31. The van der Waals surface area contributed by atoms with Gasteiger partial charge in [-0.25, -0.2) is 0 Å². The molecular weight excluding hydrogens is 214 g/mol. The van der Waals surface area contributed by atoms with Gasteiger partial charge in [0.25, 0.3) is 0 Å². The summed E-state index contributed by atoms with van der Waals surface area (Å²) in [6, 6.07) is 14.1. The molecule has 2 N–H and O–H groups in total. The highest BCUT2D eigenvalue weighted by Crippen LogP contribution is 2.27. The molecule has 17 heavy (non-hydrogen) atoms. The van der Waals surface area contributed by atoms with Crippen LogP contribution in [0.5, 0.6) is 5.75 Å². The highest BCUT2D eigenvalue weighted by molar-refractivity contribution is 6.07. The Labute approximate surface area is 98.6 Å². The maximum atomic E-state index is 8.72. The lowest BCUT2D eigenvalue weighted by Crippen LogP contribution is -2.01. The Kier molecular flexibility index (Phi) is 2.46. The van der Waals surface area contributed by atoms with Crippen molar-refractivity contribution in [3.05, 3.63) is 42.5 Å². The van der Waals surface area contributed by atoms with Gasteiger partial charge in [0.05, 0.1) is 12.1 Å². The molecule has 0 spiro atoms. The van der Waals surface area contributed by atoms with Gasteiger partial charge in [0.15, 0.2) is 0 Å². The van der Waals surface area contributed by atoms with Crippen molar-refractivity contribution >= 4 is 21.8 Å². The lowest BCUT2D eigenvalue weighted by molar-refractivity contribution is 0.201. The summed E-state index contributed by atoms with van der Waals surface area (Å²) in [7, 11) is 0. The van der Waals surface area contributed by atoms with Gasteiger partial charge in [-0.15, -0.1) is 0 Å². The van der Waals surface area contributed by atoms with E-state index < -0.39 is 0 Å². The summed E-state index contributed by atoms with van der Waals surface area (Å²) in [5.41, 5.74) is 2.18. The van der Waals surface area contributed by atoms with Crippen LogP contribution in [0.4, 0.5) is 0 Å². The zero-order chi connectivity index (χ0) is 11.7. The summed E-state index contributed by atoms with van der Waals surface area (Å²) in [4.78, 5) is 3.35. The maximum Gasteiger partial charge on any atom is 0.121 e. The van der Waals surface area contributed by atoms with Crippen molar-refractivity contribution in [1.82, 2.24) is 4.98 Å². The molecule has 1 heterocycles. The third kappa shape index (κ3) is 1.74. The van der Waals surface area contributed by atoms with Crippen LogP contribution in [0.15, 0.2) is 42.5 Å². The van der Waals surface area contributed by atoms with Gasteiger partial charge in [-0.2, -0.15) is 0 Å². The normalized spacial score (nSPS) is 11.1. The van der Waals surface area contributed by atoms with Crippen molar-refractivity contribution < 1.29 is 9.84 Å². The fourth-order valence-electron chi connectivity index (χ4n) is 2.09. The average molecular weight is 227 g/mol. The van der Waals surface area contributed by atoms with Gasteiger partial charge in [-0.05, 0) is 18.2 Å². The second-order valence-corrected chi connectivity index (χ2v) is 3.95. The number of H-pyrrole nitrogens is 1. The molecule has 0 atom stereocenters. The van der Waals surface area contributed by atoms with Crippen LogP contribution >= 0.6 is 0 Å². The fraction of sp³-hybridized carbons (Fsp3) is 0.143. The van der Waals surface area contributed by atoms with Gasteiger partial charge in [-0.1, -0.05) is 18.2 Å². The van der Waals surface area contributed by atoms with Gasteiger partial charge in [0, 0.05) is 22.4 Å². The molecule has 0 radical (unpaired) electrons. The molecule has 1 aromatic heterocycles. The van der Waals surface area contributed by atoms with Crippen molar-refractivity contribution in [3.63, 3.8) is 0 Å². The van der Waals surface area contributed by atoms with Crippen molar-refractivity contribution in [2.75, 3.05) is 13.2 Å². The highest BCUT2D eigenvalue weighted by Gasteiger charge is 2.04. The van der Waals surface area contributed by atoms with Crippen LogP contribution < -0.4 is 4.74 Å². The fourth-order valence-corrected chi connectivity index (χ4v) is 2.09. The molecule has 3 rings (SSSR count). The van der Waals surface area contributed by atoms with Crippen molar-refractivity contribution in [1.29, 1.82) is 0 Å².